The van der Waals surface area contributed by atoms with Gasteiger partial charge in [0.2, 0.25) is 0 Å². The monoisotopic (exact) mass is 359 g/mol. The Balaban J connectivity index is 2.28. The van der Waals surface area contributed by atoms with Crippen molar-refractivity contribution in [2.24, 2.45) is 0 Å². The van der Waals surface area contributed by atoms with Crippen molar-refractivity contribution in [3.05, 3.63) is 56.2 Å². The fraction of sp³-hybridized carbons (Fsp3) is 0.333. The number of nitrogens with one attached hydrogen (secondary N) is 1. The van der Waals surface area contributed by atoms with Crippen molar-refractivity contribution >= 4 is 27.3 Å². The third kappa shape index (κ3) is 3.65. The van der Waals surface area contributed by atoms with Gasteiger partial charge in [-0.1, -0.05) is 19.1 Å². The maximum atomic E-state index is 13.7. The lowest BCUT2D eigenvalue weighted by molar-refractivity contribution is 0.488. The molecule has 1 unspecified atom stereocenters. The van der Waals surface area contributed by atoms with E-state index in [4.69, 9.17) is 0 Å². The lowest BCUT2D eigenvalue weighted by Crippen LogP contribution is -2.24. The minimum Gasteiger partial charge on any atom is -0.310 e. The van der Waals surface area contributed by atoms with Gasteiger partial charge in [-0.3, -0.25) is 0 Å². The highest BCUT2D eigenvalue weighted by Gasteiger charge is 2.19. The first-order valence-electron chi connectivity index (χ1n) is 6.52. The second kappa shape index (κ2) is 7.29. The van der Waals surface area contributed by atoms with E-state index in [0.717, 1.165) is 24.9 Å². The zero-order valence-corrected chi connectivity index (χ0v) is 13.5. The van der Waals surface area contributed by atoms with Gasteiger partial charge in [-0.25, -0.2) is 8.78 Å². The van der Waals surface area contributed by atoms with Crippen molar-refractivity contribution in [1.82, 2.24) is 5.32 Å². The van der Waals surface area contributed by atoms with E-state index in [9.17, 15) is 8.78 Å². The molecule has 0 spiro atoms. The van der Waals surface area contributed by atoms with Crippen LogP contribution in [0.25, 0.3) is 0 Å². The topological polar surface area (TPSA) is 12.0 Å². The Morgan fingerprint density at radius 2 is 2.10 bits per heavy atom. The van der Waals surface area contributed by atoms with Crippen LogP contribution in [0.4, 0.5) is 8.78 Å². The van der Waals surface area contributed by atoms with Crippen molar-refractivity contribution < 1.29 is 8.78 Å². The summed E-state index contributed by atoms with van der Waals surface area (Å²) >= 11 is 4.85. The molecule has 0 aliphatic rings. The molecule has 0 saturated heterocycles. The molecular weight excluding hydrogens is 344 g/mol. The van der Waals surface area contributed by atoms with Crippen molar-refractivity contribution in [3.63, 3.8) is 0 Å². The van der Waals surface area contributed by atoms with E-state index < -0.39 is 11.6 Å². The van der Waals surface area contributed by atoms with E-state index in [1.54, 1.807) is 17.4 Å². The number of halogens is 3. The zero-order chi connectivity index (χ0) is 14.5. The van der Waals surface area contributed by atoms with Crippen LogP contribution in [0, 0.1) is 11.6 Å². The number of rotatable bonds is 6. The minimum absolute atomic E-state index is 0.0296. The number of thiophene rings is 1. The minimum atomic E-state index is -0.828. The van der Waals surface area contributed by atoms with Crippen molar-refractivity contribution in [2.75, 3.05) is 6.54 Å². The molecule has 0 radical (unpaired) electrons. The maximum absolute atomic E-state index is 13.7. The average molecular weight is 360 g/mol. The quantitative estimate of drug-likeness (QED) is 0.709. The maximum Gasteiger partial charge on any atom is 0.173 e. The number of hydrogen-bond donors (Lipinski definition) is 1. The molecule has 1 nitrogen and oxygen atoms in total. The van der Waals surface area contributed by atoms with Crippen molar-refractivity contribution in [1.29, 1.82) is 0 Å². The van der Waals surface area contributed by atoms with Crippen molar-refractivity contribution in [3.8, 4) is 0 Å². The van der Waals surface area contributed by atoms with Gasteiger partial charge in [0, 0.05) is 17.3 Å². The van der Waals surface area contributed by atoms with Gasteiger partial charge in [0.15, 0.2) is 11.6 Å². The van der Waals surface area contributed by atoms with E-state index >= 15 is 0 Å². The molecule has 2 rings (SSSR count). The van der Waals surface area contributed by atoms with Gasteiger partial charge < -0.3 is 5.32 Å². The normalized spacial score (nSPS) is 12.6. The lowest BCUT2D eigenvalue weighted by atomic mass is 10.0. The summed E-state index contributed by atoms with van der Waals surface area (Å²) in [5.74, 6) is -1.65. The van der Waals surface area contributed by atoms with Crippen LogP contribution >= 0.6 is 27.3 Å². The molecule has 0 aliphatic heterocycles. The van der Waals surface area contributed by atoms with E-state index in [1.165, 1.54) is 10.9 Å². The summed E-state index contributed by atoms with van der Waals surface area (Å²) in [4.78, 5) is 1.22. The lowest BCUT2D eigenvalue weighted by Gasteiger charge is -2.20. The molecule has 0 saturated carbocycles. The summed E-state index contributed by atoms with van der Waals surface area (Å²) < 4.78 is 27.1. The molecule has 108 valence electrons. The first-order valence-corrected chi connectivity index (χ1v) is 8.20. The zero-order valence-electron chi connectivity index (χ0n) is 11.1. The summed E-state index contributed by atoms with van der Waals surface area (Å²) in [5, 5.41) is 5.42. The molecule has 1 heterocycles. The summed E-state index contributed by atoms with van der Waals surface area (Å²) in [6, 6.07) is 6.85. The SMILES string of the molecule is CCCNC(Cc1cccs1)c1ccc(F)c(F)c1Br. The van der Waals surface area contributed by atoms with Gasteiger partial charge in [-0.15, -0.1) is 11.3 Å². The van der Waals surface area contributed by atoms with Crippen LogP contribution in [-0.2, 0) is 6.42 Å². The highest BCUT2D eigenvalue weighted by atomic mass is 79.9. The molecular formula is C15H16BrF2NS. The van der Waals surface area contributed by atoms with E-state index in [1.807, 2.05) is 11.4 Å². The molecule has 5 heteroatoms. The molecule has 0 amide bonds. The summed E-state index contributed by atoms with van der Waals surface area (Å²) in [7, 11) is 0. The molecule has 1 aromatic carbocycles. The second-order valence-electron chi connectivity index (χ2n) is 4.55. The highest BCUT2D eigenvalue weighted by Crippen LogP contribution is 2.30. The molecule has 0 aliphatic carbocycles. The fourth-order valence-corrected chi connectivity index (χ4v) is 3.40. The Morgan fingerprint density at radius 1 is 1.30 bits per heavy atom. The van der Waals surface area contributed by atoms with Crippen LogP contribution in [0.15, 0.2) is 34.1 Å². The largest absolute Gasteiger partial charge is 0.310 e. The van der Waals surface area contributed by atoms with Crippen molar-refractivity contribution in [2.45, 2.75) is 25.8 Å². The first-order chi connectivity index (χ1) is 9.63. The standard InChI is InChI=1S/C15H16BrF2NS/c1-2-7-19-13(9-10-4-3-8-20-10)11-5-6-12(17)15(18)14(11)16/h3-6,8,13,19H,2,7,9H2,1H3. The van der Waals surface area contributed by atoms with Crippen LogP contribution in [0.1, 0.15) is 29.8 Å². The smallest absolute Gasteiger partial charge is 0.173 e. The van der Waals surface area contributed by atoms with Crippen LogP contribution < -0.4 is 5.32 Å². The van der Waals surface area contributed by atoms with Gasteiger partial charge >= 0.3 is 0 Å². The van der Waals surface area contributed by atoms with Crippen LogP contribution in [-0.4, -0.2) is 6.54 Å². The van der Waals surface area contributed by atoms with Crippen LogP contribution in [0.3, 0.4) is 0 Å². The molecule has 1 aromatic heterocycles. The summed E-state index contributed by atoms with van der Waals surface area (Å²) in [6.07, 6.45) is 1.75. The Hall–Kier alpha value is -0.780. The molecule has 0 fully saturated rings. The van der Waals surface area contributed by atoms with E-state index in [-0.39, 0.29) is 10.5 Å². The predicted octanol–water partition coefficient (Wildman–Crippen LogP) is 5.07. The molecule has 0 bridgehead atoms. The Labute approximate surface area is 130 Å². The Bertz CT molecular complexity index is 557. The predicted molar refractivity (Wildman–Crippen MR) is 83.1 cm³/mol. The summed E-state index contributed by atoms with van der Waals surface area (Å²) in [5.41, 5.74) is 0.755. The van der Waals surface area contributed by atoms with E-state index in [0.29, 0.717) is 0 Å². The van der Waals surface area contributed by atoms with Crippen LogP contribution in [0.5, 0.6) is 0 Å². The number of benzene rings is 1. The van der Waals surface area contributed by atoms with Gasteiger partial charge in [0.05, 0.1) is 4.47 Å². The third-order valence-corrected chi connectivity index (χ3v) is 4.77. The van der Waals surface area contributed by atoms with Gasteiger partial charge in [0.25, 0.3) is 0 Å². The van der Waals surface area contributed by atoms with Gasteiger partial charge in [-0.05, 0) is 52.0 Å². The molecule has 2 aromatic rings. The van der Waals surface area contributed by atoms with Gasteiger partial charge in [-0.2, -0.15) is 0 Å². The third-order valence-electron chi connectivity index (χ3n) is 3.07. The fourth-order valence-electron chi connectivity index (χ4n) is 2.05. The molecule has 1 atom stereocenters. The average Bonchev–Trinajstić information content (AvgIpc) is 2.94. The first kappa shape index (κ1) is 15.6. The van der Waals surface area contributed by atoms with Crippen LogP contribution in [0.2, 0.25) is 0 Å². The molecule has 1 N–H and O–H groups in total. The summed E-state index contributed by atoms with van der Waals surface area (Å²) in [6.45, 7) is 2.91. The Morgan fingerprint density at radius 3 is 2.75 bits per heavy atom. The van der Waals surface area contributed by atoms with E-state index in [2.05, 4.69) is 34.2 Å². The molecule has 20 heavy (non-hydrogen) atoms. The van der Waals surface area contributed by atoms with Gasteiger partial charge in [0.1, 0.15) is 0 Å². The second-order valence-corrected chi connectivity index (χ2v) is 6.38. The number of hydrogen-bond acceptors (Lipinski definition) is 2. The Kier molecular flexibility index (Phi) is 5.69. The highest BCUT2D eigenvalue weighted by molar-refractivity contribution is 9.10.